The Morgan fingerprint density at radius 1 is 1.29 bits per heavy atom. The molecule has 2 amide bonds. The molecule has 7 nitrogen and oxygen atoms in total. The zero-order valence-electron chi connectivity index (χ0n) is 16.7. The highest BCUT2D eigenvalue weighted by atomic mass is 16.7. The van der Waals surface area contributed by atoms with Crippen LogP contribution in [0.3, 0.4) is 0 Å². The van der Waals surface area contributed by atoms with Gasteiger partial charge < -0.3 is 15.0 Å². The van der Waals surface area contributed by atoms with Crippen molar-refractivity contribution in [3.05, 3.63) is 36.0 Å². The first-order chi connectivity index (χ1) is 13.5. The Balaban J connectivity index is 1.81. The van der Waals surface area contributed by atoms with Gasteiger partial charge in [0.1, 0.15) is 6.04 Å². The highest BCUT2D eigenvalue weighted by Crippen LogP contribution is 2.20. The van der Waals surface area contributed by atoms with E-state index in [1.165, 1.54) is 5.06 Å². The zero-order chi connectivity index (χ0) is 20.1. The second-order valence-corrected chi connectivity index (χ2v) is 7.33. The number of carbonyl (C=O) groups excluding carboxylic acids is 2. The average Bonchev–Trinajstić information content (AvgIpc) is 3.15. The fraction of sp³-hybridized carbons (Fsp3) is 0.524. The van der Waals surface area contributed by atoms with Crippen LogP contribution in [0.5, 0.6) is 0 Å². The van der Waals surface area contributed by atoms with Gasteiger partial charge in [-0.2, -0.15) is 0 Å². The molecule has 0 unspecified atom stereocenters. The third kappa shape index (κ3) is 4.54. The Morgan fingerprint density at radius 3 is 2.79 bits per heavy atom. The molecular weight excluding hydrogens is 358 g/mol. The van der Waals surface area contributed by atoms with Crippen LogP contribution in [-0.2, 0) is 25.6 Å². The first-order valence-electron chi connectivity index (χ1n) is 9.83. The molecule has 0 aliphatic carbocycles. The Hall–Kier alpha value is -2.38. The quantitative estimate of drug-likeness (QED) is 0.764. The van der Waals surface area contributed by atoms with Crippen LogP contribution in [0, 0.1) is 5.92 Å². The van der Waals surface area contributed by atoms with Crippen LogP contribution >= 0.6 is 0 Å². The molecule has 0 radical (unpaired) electrons. The summed E-state index contributed by atoms with van der Waals surface area (Å²) in [5.41, 5.74) is 1.99. The lowest BCUT2D eigenvalue weighted by Gasteiger charge is -2.30. The average molecular weight is 387 g/mol. The molecule has 3 rings (SSSR count). The number of hydroxylamine groups is 2. The van der Waals surface area contributed by atoms with Gasteiger partial charge in [-0.15, -0.1) is 0 Å². The minimum absolute atomic E-state index is 0.204. The molecule has 1 fully saturated rings. The number of carbonyl (C=O) groups is 2. The maximum Gasteiger partial charge on any atom is 0.269 e. The Kier molecular flexibility index (Phi) is 6.70. The Morgan fingerprint density at radius 2 is 2.07 bits per heavy atom. The summed E-state index contributed by atoms with van der Waals surface area (Å²) in [6.45, 7) is 4.71. The van der Waals surface area contributed by atoms with Crippen molar-refractivity contribution >= 4 is 22.7 Å². The van der Waals surface area contributed by atoms with Gasteiger partial charge in [0.15, 0.2) is 0 Å². The van der Waals surface area contributed by atoms with Crippen molar-refractivity contribution in [2.24, 2.45) is 5.92 Å². The number of nitrogens with one attached hydrogen (secondary N) is 2. The molecular formula is C21H29N3O4. The second kappa shape index (κ2) is 9.21. The highest BCUT2D eigenvalue weighted by Gasteiger charge is 2.31. The van der Waals surface area contributed by atoms with Crippen molar-refractivity contribution in [1.82, 2.24) is 15.4 Å². The van der Waals surface area contributed by atoms with E-state index in [0.29, 0.717) is 19.6 Å². The monoisotopic (exact) mass is 387 g/mol. The van der Waals surface area contributed by atoms with Crippen molar-refractivity contribution in [2.45, 2.75) is 45.3 Å². The number of H-pyrrole nitrogens is 1. The van der Waals surface area contributed by atoms with E-state index in [4.69, 9.17) is 9.57 Å². The maximum absolute atomic E-state index is 13.1. The molecule has 28 heavy (non-hydrogen) atoms. The first kappa shape index (κ1) is 20.4. The highest BCUT2D eigenvalue weighted by molar-refractivity contribution is 5.90. The molecule has 2 heterocycles. The number of aromatic amines is 1. The van der Waals surface area contributed by atoms with Crippen LogP contribution in [0.15, 0.2) is 30.5 Å². The smallest absolute Gasteiger partial charge is 0.269 e. The van der Waals surface area contributed by atoms with E-state index in [0.717, 1.165) is 29.3 Å². The third-order valence-electron chi connectivity index (χ3n) is 5.45. The molecule has 0 saturated carbocycles. The van der Waals surface area contributed by atoms with Crippen molar-refractivity contribution in [2.75, 3.05) is 20.3 Å². The van der Waals surface area contributed by atoms with Gasteiger partial charge in [-0.1, -0.05) is 25.1 Å². The van der Waals surface area contributed by atoms with Crippen LogP contribution in [0.2, 0.25) is 0 Å². The van der Waals surface area contributed by atoms with Crippen LogP contribution in [0.4, 0.5) is 0 Å². The SMILES string of the molecule is CO[C@@H](C)[C@@H](C)C(=O)N[C@@H](Cc1c[nH]c2ccccc12)C(=O)N1CCCCO1. The van der Waals surface area contributed by atoms with Gasteiger partial charge in [0, 0.05) is 37.2 Å². The van der Waals surface area contributed by atoms with E-state index < -0.39 is 6.04 Å². The lowest BCUT2D eigenvalue weighted by molar-refractivity contribution is -0.199. The minimum atomic E-state index is -0.698. The summed E-state index contributed by atoms with van der Waals surface area (Å²) in [5.74, 6) is -0.786. The molecule has 0 spiro atoms. The molecule has 2 aromatic rings. The lowest BCUT2D eigenvalue weighted by Crippen LogP contribution is -2.52. The van der Waals surface area contributed by atoms with Crippen LogP contribution in [-0.4, -0.2) is 54.3 Å². The number of hydrogen-bond donors (Lipinski definition) is 2. The van der Waals surface area contributed by atoms with E-state index in [9.17, 15) is 9.59 Å². The van der Waals surface area contributed by atoms with E-state index in [2.05, 4.69) is 10.3 Å². The second-order valence-electron chi connectivity index (χ2n) is 7.33. The number of nitrogens with zero attached hydrogens (tertiary/aromatic N) is 1. The molecule has 2 N–H and O–H groups in total. The van der Waals surface area contributed by atoms with E-state index in [1.54, 1.807) is 14.0 Å². The van der Waals surface area contributed by atoms with Crippen molar-refractivity contribution in [3.63, 3.8) is 0 Å². The lowest BCUT2D eigenvalue weighted by atomic mass is 10.0. The fourth-order valence-corrected chi connectivity index (χ4v) is 3.39. The number of benzene rings is 1. The minimum Gasteiger partial charge on any atom is -0.381 e. The van der Waals surface area contributed by atoms with Gasteiger partial charge >= 0.3 is 0 Å². The summed E-state index contributed by atoms with van der Waals surface area (Å²) in [6, 6.07) is 7.23. The molecule has 1 saturated heterocycles. The van der Waals surface area contributed by atoms with Gasteiger partial charge in [0.2, 0.25) is 5.91 Å². The fourth-order valence-electron chi connectivity index (χ4n) is 3.39. The largest absolute Gasteiger partial charge is 0.381 e. The van der Waals surface area contributed by atoms with Crippen molar-refractivity contribution in [3.8, 4) is 0 Å². The topological polar surface area (TPSA) is 83.7 Å². The molecule has 7 heteroatoms. The zero-order valence-corrected chi connectivity index (χ0v) is 16.7. The summed E-state index contributed by atoms with van der Waals surface area (Å²) in [7, 11) is 1.57. The van der Waals surface area contributed by atoms with Crippen molar-refractivity contribution in [1.29, 1.82) is 0 Å². The Bertz CT molecular complexity index is 813. The summed E-state index contributed by atoms with van der Waals surface area (Å²) in [6.07, 6.45) is 3.88. The molecule has 152 valence electrons. The van der Waals surface area contributed by atoms with Crippen LogP contribution in [0.1, 0.15) is 32.3 Å². The van der Waals surface area contributed by atoms with Crippen LogP contribution < -0.4 is 5.32 Å². The summed E-state index contributed by atoms with van der Waals surface area (Å²) in [5, 5.41) is 5.37. The standard InChI is InChI=1S/C21H29N3O4/c1-14(15(2)27-3)20(25)23-19(21(26)24-10-6-7-11-28-24)12-16-13-22-18-9-5-4-8-17(16)18/h4-5,8-9,13-15,19,22H,6-7,10-12H2,1-3H3,(H,23,25)/t14-,15+,19+/m1/s1. The molecule has 1 aliphatic heterocycles. The van der Waals surface area contributed by atoms with Gasteiger partial charge in [0.05, 0.1) is 18.6 Å². The number of hydrogen-bond acceptors (Lipinski definition) is 4. The van der Waals surface area contributed by atoms with E-state index >= 15 is 0 Å². The number of amides is 2. The van der Waals surface area contributed by atoms with Crippen molar-refractivity contribution < 1.29 is 19.2 Å². The first-order valence-corrected chi connectivity index (χ1v) is 9.83. The van der Waals surface area contributed by atoms with Gasteiger partial charge in [-0.25, -0.2) is 5.06 Å². The predicted molar refractivity (Wildman–Crippen MR) is 106 cm³/mol. The molecule has 1 aromatic carbocycles. The molecule has 1 aliphatic rings. The number of ether oxygens (including phenoxy) is 1. The van der Waals surface area contributed by atoms with Gasteiger partial charge in [0.25, 0.3) is 5.91 Å². The molecule has 1 aromatic heterocycles. The van der Waals surface area contributed by atoms with Gasteiger partial charge in [-0.3, -0.25) is 14.4 Å². The predicted octanol–water partition coefficient (Wildman–Crippen LogP) is 2.42. The maximum atomic E-state index is 13.1. The number of aromatic nitrogens is 1. The summed E-state index contributed by atoms with van der Waals surface area (Å²) in [4.78, 5) is 34.6. The summed E-state index contributed by atoms with van der Waals surface area (Å²) >= 11 is 0. The van der Waals surface area contributed by atoms with Gasteiger partial charge in [-0.05, 0) is 31.4 Å². The number of rotatable bonds is 7. The number of fused-ring (bicyclic) bond motifs is 1. The molecule has 0 bridgehead atoms. The third-order valence-corrected chi connectivity index (χ3v) is 5.45. The molecule has 3 atom stereocenters. The normalized spacial score (nSPS) is 17.9. The van der Waals surface area contributed by atoms with Crippen LogP contribution in [0.25, 0.3) is 10.9 Å². The van der Waals surface area contributed by atoms with E-state index in [-0.39, 0.29) is 23.8 Å². The van der Waals surface area contributed by atoms with E-state index in [1.807, 2.05) is 37.4 Å². The summed E-state index contributed by atoms with van der Waals surface area (Å²) < 4.78 is 5.27. The number of methoxy groups -OCH3 is 1. The number of para-hydroxylation sites is 1. The Labute approximate surface area is 165 Å².